The summed E-state index contributed by atoms with van der Waals surface area (Å²) in [6.45, 7) is 5.06. The van der Waals surface area contributed by atoms with Crippen LogP contribution < -0.4 is 10.6 Å². The first-order valence-electron chi connectivity index (χ1n) is 7.35. The Morgan fingerprint density at radius 1 is 1.35 bits per heavy atom. The molecule has 4 heteroatoms. The fourth-order valence-corrected chi connectivity index (χ4v) is 3.48. The van der Waals surface area contributed by atoms with Crippen molar-refractivity contribution in [3.05, 3.63) is 45.4 Å². The first-order chi connectivity index (χ1) is 9.86. The molecule has 3 nitrogen and oxygen atoms in total. The van der Waals surface area contributed by atoms with E-state index in [1.165, 1.54) is 39.5 Å². The smallest absolute Gasteiger partial charge is 0.107 e. The van der Waals surface area contributed by atoms with Crippen molar-refractivity contribution < 1.29 is 0 Å². The van der Waals surface area contributed by atoms with E-state index in [2.05, 4.69) is 40.7 Å². The summed E-state index contributed by atoms with van der Waals surface area (Å²) in [5.74, 6) is 0. The summed E-state index contributed by atoms with van der Waals surface area (Å²) in [6, 6.07) is 6.57. The van der Waals surface area contributed by atoms with Gasteiger partial charge in [-0.15, -0.1) is 11.3 Å². The Balaban J connectivity index is 1.61. The molecule has 20 heavy (non-hydrogen) atoms. The Kier molecular flexibility index (Phi) is 4.33. The first kappa shape index (κ1) is 13.6. The van der Waals surface area contributed by atoms with Crippen molar-refractivity contribution in [2.24, 2.45) is 0 Å². The molecule has 1 aliphatic heterocycles. The molecule has 2 N–H and O–H groups in total. The Labute approximate surface area is 124 Å². The zero-order valence-corrected chi connectivity index (χ0v) is 12.7. The van der Waals surface area contributed by atoms with Gasteiger partial charge < -0.3 is 10.6 Å². The van der Waals surface area contributed by atoms with Crippen LogP contribution in [0.25, 0.3) is 0 Å². The molecule has 1 aromatic carbocycles. The molecule has 0 saturated carbocycles. The highest BCUT2D eigenvalue weighted by Crippen LogP contribution is 2.25. The number of nitrogens with one attached hydrogen (secondary N) is 2. The monoisotopic (exact) mass is 287 g/mol. The van der Waals surface area contributed by atoms with Gasteiger partial charge in [-0.25, -0.2) is 4.98 Å². The van der Waals surface area contributed by atoms with Crippen LogP contribution >= 0.6 is 11.3 Å². The summed E-state index contributed by atoms with van der Waals surface area (Å²) in [5.41, 5.74) is 4.22. The van der Waals surface area contributed by atoms with Gasteiger partial charge in [0.25, 0.3) is 0 Å². The van der Waals surface area contributed by atoms with Crippen LogP contribution in [0.4, 0.5) is 5.69 Å². The molecule has 0 bridgehead atoms. The molecule has 0 radical (unpaired) electrons. The van der Waals surface area contributed by atoms with E-state index in [9.17, 15) is 0 Å². The summed E-state index contributed by atoms with van der Waals surface area (Å²) in [4.78, 5) is 5.81. The number of nitrogens with zero attached hydrogens (tertiary/aromatic N) is 1. The molecule has 0 aliphatic carbocycles. The summed E-state index contributed by atoms with van der Waals surface area (Å²) in [6.07, 6.45) is 5.50. The van der Waals surface area contributed by atoms with Gasteiger partial charge in [-0.05, 0) is 36.5 Å². The minimum Gasteiger partial charge on any atom is -0.385 e. The molecule has 0 fully saturated rings. The van der Waals surface area contributed by atoms with E-state index in [-0.39, 0.29) is 0 Å². The van der Waals surface area contributed by atoms with Crippen molar-refractivity contribution in [3.63, 3.8) is 0 Å². The van der Waals surface area contributed by atoms with Gasteiger partial charge in [0.15, 0.2) is 0 Å². The van der Waals surface area contributed by atoms with E-state index < -0.39 is 0 Å². The Morgan fingerprint density at radius 2 is 2.30 bits per heavy atom. The van der Waals surface area contributed by atoms with Crippen LogP contribution in [-0.2, 0) is 25.9 Å². The van der Waals surface area contributed by atoms with Crippen molar-refractivity contribution in [2.45, 2.75) is 39.3 Å². The SMILES string of the molecule is CCc1cnc(CNCc2cccc3c2CCCN3)s1. The molecular formula is C16H21N3S. The standard InChI is InChI=1S/C16H21N3S/c1-2-13-10-19-16(20-13)11-17-9-12-5-3-7-15-14(12)6-4-8-18-15/h3,5,7,10,17-18H,2,4,6,8-9,11H2,1H3. The zero-order chi connectivity index (χ0) is 13.8. The molecule has 106 valence electrons. The fourth-order valence-electron chi connectivity index (χ4n) is 2.65. The lowest BCUT2D eigenvalue weighted by molar-refractivity contribution is 0.679. The van der Waals surface area contributed by atoms with Crippen molar-refractivity contribution in [1.29, 1.82) is 0 Å². The number of aryl methyl sites for hydroxylation is 1. The summed E-state index contributed by atoms with van der Waals surface area (Å²) in [7, 11) is 0. The van der Waals surface area contributed by atoms with Crippen LogP contribution in [0.5, 0.6) is 0 Å². The van der Waals surface area contributed by atoms with E-state index in [1.807, 2.05) is 17.5 Å². The third kappa shape index (κ3) is 3.02. The average molecular weight is 287 g/mol. The van der Waals surface area contributed by atoms with Crippen LogP contribution in [0.2, 0.25) is 0 Å². The second-order valence-corrected chi connectivity index (χ2v) is 6.35. The lowest BCUT2D eigenvalue weighted by Crippen LogP contribution is -2.18. The Bertz CT molecular complexity index is 577. The minimum absolute atomic E-state index is 0.863. The molecule has 0 unspecified atom stereocenters. The normalized spacial score (nSPS) is 13.8. The van der Waals surface area contributed by atoms with Crippen molar-refractivity contribution in [1.82, 2.24) is 10.3 Å². The maximum atomic E-state index is 4.45. The molecule has 1 aliphatic rings. The molecule has 3 rings (SSSR count). The van der Waals surface area contributed by atoms with Gasteiger partial charge in [0, 0.05) is 36.4 Å². The predicted octanol–water partition coefficient (Wildman–Crippen LogP) is 3.35. The maximum absolute atomic E-state index is 4.45. The first-order valence-corrected chi connectivity index (χ1v) is 8.17. The Morgan fingerprint density at radius 3 is 3.15 bits per heavy atom. The third-order valence-corrected chi connectivity index (χ3v) is 4.88. The summed E-state index contributed by atoms with van der Waals surface area (Å²) < 4.78 is 0. The number of thiazole rings is 1. The van der Waals surface area contributed by atoms with Gasteiger partial charge in [-0.2, -0.15) is 0 Å². The molecule has 2 aromatic rings. The minimum atomic E-state index is 0.863. The molecule has 0 amide bonds. The molecule has 0 atom stereocenters. The van der Waals surface area contributed by atoms with E-state index in [4.69, 9.17) is 0 Å². The summed E-state index contributed by atoms with van der Waals surface area (Å²) in [5, 5.41) is 8.19. The van der Waals surface area contributed by atoms with Crippen LogP contribution in [0.1, 0.15) is 34.4 Å². The van der Waals surface area contributed by atoms with Crippen LogP contribution in [-0.4, -0.2) is 11.5 Å². The predicted molar refractivity (Wildman–Crippen MR) is 85.3 cm³/mol. The number of rotatable bonds is 5. The van der Waals surface area contributed by atoms with E-state index in [0.29, 0.717) is 0 Å². The van der Waals surface area contributed by atoms with Crippen LogP contribution in [0.15, 0.2) is 24.4 Å². The van der Waals surface area contributed by atoms with Gasteiger partial charge >= 0.3 is 0 Å². The lowest BCUT2D eigenvalue weighted by atomic mass is 9.97. The van der Waals surface area contributed by atoms with Gasteiger partial charge in [-0.3, -0.25) is 0 Å². The van der Waals surface area contributed by atoms with Crippen molar-refractivity contribution >= 4 is 17.0 Å². The molecule has 0 spiro atoms. The van der Waals surface area contributed by atoms with Crippen molar-refractivity contribution in [2.75, 3.05) is 11.9 Å². The topological polar surface area (TPSA) is 37.0 Å². The van der Waals surface area contributed by atoms with Crippen LogP contribution in [0.3, 0.4) is 0 Å². The molecule has 2 heterocycles. The number of hydrogen-bond acceptors (Lipinski definition) is 4. The van der Waals surface area contributed by atoms with Crippen molar-refractivity contribution in [3.8, 4) is 0 Å². The van der Waals surface area contributed by atoms with E-state index in [0.717, 1.165) is 26.1 Å². The van der Waals surface area contributed by atoms with Gasteiger partial charge in [0.05, 0.1) is 0 Å². The van der Waals surface area contributed by atoms with Crippen LogP contribution in [0, 0.1) is 0 Å². The Hall–Kier alpha value is -1.39. The van der Waals surface area contributed by atoms with Gasteiger partial charge in [0.1, 0.15) is 5.01 Å². The van der Waals surface area contributed by atoms with E-state index in [1.54, 1.807) is 0 Å². The zero-order valence-electron chi connectivity index (χ0n) is 11.9. The number of fused-ring (bicyclic) bond motifs is 1. The van der Waals surface area contributed by atoms with E-state index >= 15 is 0 Å². The fraction of sp³-hybridized carbons (Fsp3) is 0.438. The number of benzene rings is 1. The number of anilines is 1. The average Bonchev–Trinajstić information content (AvgIpc) is 2.95. The highest BCUT2D eigenvalue weighted by molar-refractivity contribution is 7.11. The lowest BCUT2D eigenvalue weighted by Gasteiger charge is -2.21. The quantitative estimate of drug-likeness (QED) is 0.885. The second kappa shape index (κ2) is 6.37. The van der Waals surface area contributed by atoms with Gasteiger partial charge in [-0.1, -0.05) is 19.1 Å². The molecule has 0 saturated heterocycles. The maximum Gasteiger partial charge on any atom is 0.107 e. The highest BCUT2D eigenvalue weighted by Gasteiger charge is 2.11. The number of hydrogen-bond donors (Lipinski definition) is 2. The largest absolute Gasteiger partial charge is 0.385 e. The molecule has 1 aromatic heterocycles. The highest BCUT2D eigenvalue weighted by atomic mass is 32.1. The second-order valence-electron chi connectivity index (χ2n) is 5.15. The van der Waals surface area contributed by atoms with Gasteiger partial charge in [0.2, 0.25) is 0 Å². The third-order valence-electron chi connectivity index (χ3n) is 3.73. The number of aromatic nitrogens is 1. The molecular weight excluding hydrogens is 266 g/mol. The summed E-state index contributed by atoms with van der Waals surface area (Å²) >= 11 is 1.81.